The van der Waals surface area contributed by atoms with E-state index < -0.39 is 5.82 Å². The zero-order valence-electron chi connectivity index (χ0n) is 11.3. The van der Waals surface area contributed by atoms with Crippen LogP contribution in [0.4, 0.5) is 10.1 Å². The first-order chi connectivity index (χ1) is 9.10. The van der Waals surface area contributed by atoms with Gasteiger partial charge in [-0.05, 0) is 37.0 Å². The second-order valence-corrected chi connectivity index (χ2v) is 5.31. The molecule has 4 heteroatoms. The highest BCUT2D eigenvalue weighted by molar-refractivity contribution is 5.95. The van der Waals surface area contributed by atoms with E-state index in [9.17, 15) is 9.18 Å². The van der Waals surface area contributed by atoms with Crippen molar-refractivity contribution in [2.24, 2.45) is 5.92 Å². The molecule has 1 amide bonds. The number of rotatable bonds is 3. The fourth-order valence-corrected chi connectivity index (χ4v) is 2.88. The summed E-state index contributed by atoms with van der Waals surface area (Å²) in [6.45, 7) is 2.15. The van der Waals surface area contributed by atoms with Crippen LogP contribution in [0.5, 0.6) is 0 Å². The summed E-state index contributed by atoms with van der Waals surface area (Å²) >= 11 is 0. The molecule has 1 fully saturated rings. The summed E-state index contributed by atoms with van der Waals surface area (Å²) in [7, 11) is 0. The van der Waals surface area contributed by atoms with Crippen LogP contribution in [0.3, 0.4) is 0 Å². The number of nitrogen functional groups attached to an aromatic ring is 1. The van der Waals surface area contributed by atoms with Crippen LogP contribution in [0, 0.1) is 11.7 Å². The molecule has 0 spiro atoms. The van der Waals surface area contributed by atoms with Gasteiger partial charge >= 0.3 is 0 Å². The van der Waals surface area contributed by atoms with E-state index >= 15 is 0 Å². The molecule has 0 bridgehead atoms. The zero-order chi connectivity index (χ0) is 13.8. The Bertz CT molecular complexity index is 441. The highest BCUT2D eigenvalue weighted by Gasteiger charge is 2.25. The van der Waals surface area contributed by atoms with Gasteiger partial charge in [-0.2, -0.15) is 0 Å². The van der Waals surface area contributed by atoms with Gasteiger partial charge in [0.1, 0.15) is 5.82 Å². The Hall–Kier alpha value is -1.58. The molecule has 0 heterocycles. The minimum absolute atomic E-state index is 0.204. The number of halogens is 1. The first kappa shape index (κ1) is 13.8. The molecule has 2 unspecified atom stereocenters. The Morgan fingerprint density at radius 2 is 2.11 bits per heavy atom. The van der Waals surface area contributed by atoms with Crippen LogP contribution in [0.15, 0.2) is 18.2 Å². The molecule has 1 aromatic rings. The summed E-state index contributed by atoms with van der Waals surface area (Å²) in [5.74, 6) is -0.166. The van der Waals surface area contributed by atoms with E-state index in [1.807, 2.05) is 0 Å². The third-order valence-corrected chi connectivity index (χ3v) is 3.93. The molecule has 1 aliphatic rings. The highest BCUT2D eigenvalue weighted by atomic mass is 19.1. The monoisotopic (exact) mass is 264 g/mol. The van der Waals surface area contributed by atoms with Gasteiger partial charge in [-0.1, -0.05) is 26.2 Å². The van der Waals surface area contributed by atoms with Gasteiger partial charge in [0, 0.05) is 17.3 Å². The number of carbonyl (C=O) groups is 1. The molecule has 1 aromatic carbocycles. The smallest absolute Gasteiger partial charge is 0.251 e. The van der Waals surface area contributed by atoms with Crippen molar-refractivity contribution in [1.82, 2.24) is 5.32 Å². The standard InChI is InChI=1S/C15H21FN2O/c1-2-10-5-3-4-6-14(10)18-15(19)11-7-12(16)9-13(17)8-11/h7-10,14H,2-6,17H2,1H3,(H,18,19). The van der Waals surface area contributed by atoms with E-state index in [2.05, 4.69) is 12.2 Å². The van der Waals surface area contributed by atoms with Gasteiger partial charge in [-0.3, -0.25) is 4.79 Å². The van der Waals surface area contributed by atoms with Crippen molar-refractivity contribution in [3.05, 3.63) is 29.6 Å². The summed E-state index contributed by atoms with van der Waals surface area (Å²) in [5.41, 5.74) is 6.15. The third-order valence-electron chi connectivity index (χ3n) is 3.93. The molecule has 19 heavy (non-hydrogen) atoms. The number of nitrogens with two attached hydrogens (primary N) is 1. The SMILES string of the molecule is CCC1CCCCC1NC(=O)c1cc(N)cc(F)c1. The Morgan fingerprint density at radius 1 is 1.37 bits per heavy atom. The van der Waals surface area contributed by atoms with Gasteiger partial charge in [-0.15, -0.1) is 0 Å². The molecule has 0 saturated heterocycles. The summed E-state index contributed by atoms with van der Waals surface area (Å²) in [6.07, 6.45) is 5.61. The molecule has 0 aromatic heterocycles. The Balaban J connectivity index is 2.07. The molecule has 3 nitrogen and oxygen atoms in total. The van der Waals surface area contributed by atoms with Crippen LogP contribution in [0.1, 0.15) is 49.4 Å². The van der Waals surface area contributed by atoms with Crippen LogP contribution < -0.4 is 11.1 Å². The molecule has 2 atom stereocenters. The predicted molar refractivity (Wildman–Crippen MR) is 74.3 cm³/mol. The second-order valence-electron chi connectivity index (χ2n) is 5.31. The first-order valence-electron chi connectivity index (χ1n) is 6.97. The zero-order valence-corrected chi connectivity index (χ0v) is 11.3. The lowest BCUT2D eigenvalue weighted by atomic mass is 9.83. The van der Waals surface area contributed by atoms with Gasteiger partial charge in [-0.25, -0.2) is 4.39 Å². The lowest BCUT2D eigenvalue weighted by molar-refractivity contribution is 0.0904. The molecule has 2 rings (SSSR count). The maximum atomic E-state index is 13.2. The second kappa shape index (κ2) is 6.04. The number of carbonyl (C=O) groups excluding carboxylic acids is 1. The summed E-state index contributed by atoms with van der Waals surface area (Å²) < 4.78 is 13.2. The van der Waals surface area contributed by atoms with E-state index in [1.54, 1.807) is 0 Å². The largest absolute Gasteiger partial charge is 0.399 e. The highest BCUT2D eigenvalue weighted by Crippen LogP contribution is 2.27. The quantitative estimate of drug-likeness (QED) is 0.824. The van der Waals surface area contributed by atoms with Crippen molar-refractivity contribution in [3.63, 3.8) is 0 Å². The normalized spacial score (nSPS) is 23.1. The van der Waals surface area contributed by atoms with E-state index in [4.69, 9.17) is 5.73 Å². The average molecular weight is 264 g/mol. The van der Waals surface area contributed by atoms with Crippen molar-refractivity contribution in [1.29, 1.82) is 0 Å². The van der Waals surface area contributed by atoms with Crippen molar-refractivity contribution in [3.8, 4) is 0 Å². The molecule has 1 saturated carbocycles. The van der Waals surface area contributed by atoms with Gasteiger partial charge in [0.25, 0.3) is 5.91 Å². The van der Waals surface area contributed by atoms with Crippen molar-refractivity contribution < 1.29 is 9.18 Å². The molecule has 0 aliphatic heterocycles. The fraction of sp³-hybridized carbons (Fsp3) is 0.533. The number of nitrogens with one attached hydrogen (secondary N) is 1. The Morgan fingerprint density at radius 3 is 2.79 bits per heavy atom. The Kier molecular flexibility index (Phi) is 4.40. The van der Waals surface area contributed by atoms with E-state index in [1.165, 1.54) is 24.6 Å². The lowest BCUT2D eigenvalue weighted by Crippen LogP contribution is -2.41. The molecule has 0 radical (unpaired) electrons. The van der Waals surface area contributed by atoms with Crippen molar-refractivity contribution in [2.75, 3.05) is 5.73 Å². The minimum atomic E-state index is -0.471. The van der Waals surface area contributed by atoms with Gasteiger partial charge in [0.05, 0.1) is 0 Å². The average Bonchev–Trinajstić information content (AvgIpc) is 2.38. The van der Waals surface area contributed by atoms with Gasteiger partial charge in [0.2, 0.25) is 0 Å². The minimum Gasteiger partial charge on any atom is -0.399 e. The maximum Gasteiger partial charge on any atom is 0.251 e. The number of amides is 1. The van der Waals surface area contributed by atoms with Crippen molar-refractivity contribution in [2.45, 2.75) is 45.1 Å². The van der Waals surface area contributed by atoms with Crippen LogP contribution in [-0.2, 0) is 0 Å². The van der Waals surface area contributed by atoms with E-state index in [0.29, 0.717) is 11.5 Å². The van der Waals surface area contributed by atoms with Gasteiger partial charge < -0.3 is 11.1 Å². The number of anilines is 1. The third kappa shape index (κ3) is 3.46. The van der Waals surface area contributed by atoms with Crippen LogP contribution in [-0.4, -0.2) is 11.9 Å². The topological polar surface area (TPSA) is 55.1 Å². The molecule has 104 valence electrons. The molecule has 1 aliphatic carbocycles. The molecule has 3 N–H and O–H groups in total. The van der Waals surface area contributed by atoms with Crippen LogP contribution in [0.25, 0.3) is 0 Å². The summed E-state index contributed by atoms with van der Waals surface area (Å²) in [6, 6.07) is 4.17. The predicted octanol–water partition coefficient (Wildman–Crippen LogP) is 3.11. The van der Waals surface area contributed by atoms with Crippen LogP contribution >= 0.6 is 0 Å². The van der Waals surface area contributed by atoms with E-state index in [0.717, 1.165) is 25.7 Å². The number of hydrogen-bond acceptors (Lipinski definition) is 2. The first-order valence-corrected chi connectivity index (χ1v) is 6.97. The maximum absolute atomic E-state index is 13.2. The fourth-order valence-electron chi connectivity index (χ4n) is 2.88. The lowest BCUT2D eigenvalue weighted by Gasteiger charge is -2.31. The van der Waals surface area contributed by atoms with Gasteiger partial charge in [0.15, 0.2) is 0 Å². The van der Waals surface area contributed by atoms with E-state index in [-0.39, 0.29) is 17.6 Å². The summed E-state index contributed by atoms with van der Waals surface area (Å²) in [4.78, 5) is 12.1. The number of hydrogen-bond donors (Lipinski definition) is 2. The number of benzene rings is 1. The summed E-state index contributed by atoms with van der Waals surface area (Å²) in [5, 5.41) is 3.03. The van der Waals surface area contributed by atoms with Crippen LogP contribution in [0.2, 0.25) is 0 Å². The molecular formula is C15H21FN2O. The van der Waals surface area contributed by atoms with Crippen molar-refractivity contribution >= 4 is 11.6 Å². The molecular weight excluding hydrogens is 243 g/mol. The Labute approximate surface area is 113 Å².